The standard InChI is InChI=1S/C18H16Br2S/c19-17-9-5-15(6-10-17)3-1-13-21-14-2-4-16-7-11-18(20)12-8-16/h1-12H,13-14H2. The number of rotatable bonds is 6. The molecule has 2 aromatic carbocycles. The number of benzene rings is 2. The van der Waals surface area contributed by atoms with Gasteiger partial charge < -0.3 is 0 Å². The molecule has 0 saturated carbocycles. The predicted octanol–water partition coefficient (Wildman–Crippen LogP) is 6.67. The normalized spacial score (nSPS) is 11.5. The molecule has 0 saturated heterocycles. The molecule has 0 aliphatic heterocycles. The van der Waals surface area contributed by atoms with Crippen molar-refractivity contribution < 1.29 is 0 Å². The molecule has 0 heterocycles. The SMILES string of the molecule is Brc1ccc(C=CCSCC=Cc2ccc(Br)cc2)cc1. The third-order valence-electron chi connectivity index (χ3n) is 2.79. The molecule has 0 bridgehead atoms. The Balaban J connectivity index is 1.67. The zero-order valence-corrected chi connectivity index (χ0v) is 15.5. The van der Waals surface area contributed by atoms with Gasteiger partial charge in [-0.25, -0.2) is 0 Å². The van der Waals surface area contributed by atoms with Crippen LogP contribution in [0.1, 0.15) is 11.1 Å². The molecular formula is C18H16Br2S. The van der Waals surface area contributed by atoms with Crippen LogP contribution in [-0.2, 0) is 0 Å². The Kier molecular flexibility index (Phi) is 7.34. The quantitative estimate of drug-likeness (QED) is 0.467. The van der Waals surface area contributed by atoms with Crippen LogP contribution in [0.25, 0.3) is 12.2 Å². The van der Waals surface area contributed by atoms with Gasteiger partial charge in [0.25, 0.3) is 0 Å². The summed E-state index contributed by atoms with van der Waals surface area (Å²) in [6.07, 6.45) is 8.75. The summed E-state index contributed by atoms with van der Waals surface area (Å²) in [5.74, 6) is 2.06. The second kappa shape index (κ2) is 9.29. The van der Waals surface area contributed by atoms with Crippen molar-refractivity contribution in [1.82, 2.24) is 0 Å². The number of halogens is 2. The molecule has 2 aromatic rings. The maximum absolute atomic E-state index is 3.44. The highest BCUT2D eigenvalue weighted by molar-refractivity contribution is 9.10. The predicted molar refractivity (Wildman–Crippen MR) is 104 cm³/mol. The summed E-state index contributed by atoms with van der Waals surface area (Å²) < 4.78 is 2.24. The smallest absolute Gasteiger partial charge is 0.0175 e. The first-order chi connectivity index (χ1) is 10.2. The number of hydrogen-bond donors (Lipinski definition) is 0. The first-order valence-corrected chi connectivity index (χ1v) is 9.40. The van der Waals surface area contributed by atoms with Crippen molar-refractivity contribution in [3.05, 3.63) is 80.8 Å². The fourth-order valence-electron chi connectivity index (χ4n) is 1.72. The van der Waals surface area contributed by atoms with Crippen molar-refractivity contribution >= 4 is 55.8 Å². The first kappa shape index (κ1) is 16.6. The molecule has 0 fully saturated rings. The van der Waals surface area contributed by atoms with Gasteiger partial charge in [0, 0.05) is 20.5 Å². The topological polar surface area (TPSA) is 0 Å². The average molecular weight is 424 g/mol. The summed E-state index contributed by atoms with van der Waals surface area (Å²) in [7, 11) is 0. The van der Waals surface area contributed by atoms with Crippen molar-refractivity contribution in [3.8, 4) is 0 Å². The Bertz CT molecular complexity index is 543. The van der Waals surface area contributed by atoms with Gasteiger partial charge in [-0.3, -0.25) is 0 Å². The first-order valence-electron chi connectivity index (χ1n) is 6.66. The molecule has 0 unspecified atom stereocenters. The van der Waals surface area contributed by atoms with E-state index < -0.39 is 0 Å². The van der Waals surface area contributed by atoms with Crippen LogP contribution in [0.5, 0.6) is 0 Å². The van der Waals surface area contributed by atoms with Crippen LogP contribution in [0, 0.1) is 0 Å². The molecule has 0 amide bonds. The van der Waals surface area contributed by atoms with Gasteiger partial charge in [-0.2, -0.15) is 11.8 Å². The lowest BCUT2D eigenvalue weighted by Gasteiger charge is -1.95. The minimum atomic E-state index is 1.03. The molecule has 3 heteroatoms. The van der Waals surface area contributed by atoms with Crippen molar-refractivity contribution in [1.29, 1.82) is 0 Å². The second-order valence-electron chi connectivity index (χ2n) is 4.45. The fourth-order valence-corrected chi connectivity index (χ4v) is 2.85. The van der Waals surface area contributed by atoms with Crippen LogP contribution < -0.4 is 0 Å². The monoisotopic (exact) mass is 422 g/mol. The molecule has 0 spiro atoms. The molecule has 0 aliphatic carbocycles. The lowest BCUT2D eigenvalue weighted by molar-refractivity contribution is 1.60. The van der Waals surface area contributed by atoms with Gasteiger partial charge in [0.1, 0.15) is 0 Å². The molecule has 108 valence electrons. The van der Waals surface area contributed by atoms with Crippen molar-refractivity contribution in [2.75, 3.05) is 11.5 Å². The fraction of sp³-hybridized carbons (Fsp3) is 0.111. The van der Waals surface area contributed by atoms with E-state index in [2.05, 4.69) is 105 Å². The highest BCUT2D eigenvalue weighted by Gasteiger charge is 1.88. The van der Waals surface area contributed by atoms with E-state index in [-0.39, 0.29) is 0 Å². The minimum Gasteiger partial charge on any atom is -0.154 e. The Labute approximate surface area is 147 Å². The average Bonchev–Trinajstić information content (AvgIpc) is 2.50. The Morgan fingerprint density at radius 3 is 1.43 bits per heavy atom. The van der Waals surface area contributed by atoms with Crippen LogP contribution in [0.15, 0.2) is 69.6 Å². The van der Waals surface area contributed by atoms with E-state index in [1.54, 1.807) is 0 Å². The molecular weight excluding hydrogens is 408 g/mol. The van der Waals surface area contributed by atoms with Gasteiger partial charge in [-0.1, -0.05) is 80.4 Å². The van der Waals surface area contributed by atoms with Crippen molar-refractivity contribution in [2.24, 2.45) is 0 Å². The van der Waals surface area contributed by atoms with E-state index in [1.165, 1.54) is 11.1 Å². The zero-order valence-electron chi connectivity index (χ0n) is 11.5. The molecule has 0 atom stereocenters. The van der Waals surface area contributed by atoms with E-state index >= 15 is 0 Å². The summed E-state index contributed by atoms with van der Waals surface area (Å²) in [5.41, 5.74) is 2.48. The third kappa shape index (κ3) is 6.68. The van der Waals surface area contributed by atoms with Crippen LogP contribution >= 0.6 is 43.6 Å². The van der Waals surface area contributed by atoms with Gasteiger partial charge in [0.2, 0.25) is 0 Å². The molecule has 0 radical (unpaired) electrons. The molecule has 2 rings (SSSR count). The van der Waals surface area contributed by atoms with Gasteiger partial charge in [0.15, 0.2) is 0 Å². The van der Waals surface area contributed by atoms with E-state index in [9.17, 15) is 0 Å². The summed E-state index contributed by atoms with van der Waals surface area (Å²) >= 11 is 8.79. The molecule has 0 aromatic heterocycles. The van der Waals surface area contributed by atoms with Crippen molar-refractivity contribution in [3.63, 3.8) is 0 Å². The Hall–Kier alpha value is -0.770. The Morgan fingerprint density at radius 2 is 1.05 bits per heavy atom. The van der Waals surface area contributed by atoms with Crippen LogP contribution in [-0.4, -0.2) is 11.5 Å². The Morgan fingerprint density at radius 1 is 0.667 bits per heavy atom. The maximum atomic E-state index is 3.44. The van der Waals surface area contributed by atoms with E-state index in [1.807, 2.05) is 11.8 Å². The molecule has 0 aliphatic rings. The number of thioether (sulfide) groups is 1. The van der Waals surface area contributed by atoms with Crippen molar-refractivity contribution in [2.45, 2.75) is 0 Å². The van der Waals surface area contributed by atoms with Gasteiger partial charge in [-0.05, 0) is 35.4 Å². The summed E-state index contributed by atoms with van der Waals surface area (Å²) in [5, 5.41) is 0. The second-order valence-corrected chi connectivity index (χ2v) is 7.35. The van der Waals surface area contributed by atoms with E-state index in [0.29, 0.717) is 0 Å². The molecule has 0 nitrogen and oxygen atoms in total. The largest absolute Gasteiger partial charge is 0.154 e. The summed E-state index contributed by atoms with van der Waals surface area (Å²) in [6.45, 7) is 0. The summed E-state index contributed by atoms with van der Waals surface area (Å²) in [4.78, 5) is 0. The van der Waals surface area contributed by atoms with Gasteiger partial charge in [-0.15, -0.1) is 0 Å². The zero-order chi connectivity index (χ0) is 14.9. The highest BCUT2D eigenvalue weighted by atomic mass is 79.9. The van der Waals surface area contributed by atoms with E-state index in [4.69, 9.17) is 0 Å². The van der Waals surface area contributed by atoms with Crippen LogP contribution in [0.2, 0.25) is 0 Å². The lowest BCUT2D eigenvalue weighted by Crippen LogP contribution is -1.76. The number of hydrogen-bond acceptors (Lipinski definition) is 1. The highest BCUT2D eigenvalue weighted by Crippen LogP contribution is 2.13. The lowest BCUT2D eigenvalue weighted by atomic mass is 10.2. The third-order valence-corrected chi connectivity index (χ3v) is 4.70. The van der Waals surface area contributed by atoms with Gasteiger partial charge >= 0.3 is 0 Å². The van der Waals surface area contributed by atoms with E-state index in [0.717, 1.165) is 20.5 Å². The molecule has 21 heavy (non-hydrogen) atoms. The van der Waals surface area contributed by atoms with Crippen LogP contribution in [0.3, 0.4) is 0 Å². The summed E-state index contributed by atoms with van der Waals surface area (Å²) in [6, 6.07) is 16.7. The van der Waals surface area contributed by atoms with Crippen LogP contribution in [0.4, 0.5) is 0 Å². The molecule has 0 N–H and O–H groups in total. The van der Waals surface area contributed by atoms with Gasteiger partial charge in [0.05, 0.1) is 0 Å². The minimum absolute atomic E-state index is 1.03. The maximum Gasteiger partial charge on any atom is 0.0175 e.